The maximum absolute atomic E-state index is 12.9. The lowest BCUT2D eigenvalue weighted by atomic mass is 9.94. The molecule has 7 nitrogen and oxygen atoms in total. The van der Waals surface area contributed by atoms with Crippen LogP contribution < -0.4 is 10.1 Å². The first-order chi connectivity index (χ1) is 14.9. The first-order valence-electron chi connectivity index (χ1n) is 9.90. The molecule has 0 spiro atoms. The zero-order valence-electron chi connectivity index (χ0n) is 16.9. The van der Waals surface area contributed by atoms with Crippen molar-refractivity contribution in [2.75, 3.05) is 11.9 Å². The van der Waals surface area contributed by atoms with Crippen molar-refractivity contribution in [3.8, 4) is 5.75 Å². The van der Waals surface area contributed by atoms with E-state index in [2.05, 4.69) is 5.32 Å². The number of nitrogens with zero attached hydrogens (tertiary/aromatic N) is 1. The van der Waals surface area contributed by atoms with Crippen molar-refractivity contribution in [2.24, 2.45) is 0 Å². The quantitative estimate of drug-likeness (QED) is 0.375. The molecule has 1 N–H and O–H groups in total. The highest BCUT2D eigenvalue weighted by Gasteiger charge is 2.32. The first kappa shape index (κ1) is 20.3. The largest absolute Gasteiger partial charge is 0.426 e. The molecule has 1 heterocycles. The van der Waals surface area contributed by atoms with Gasteiger partial charge >= 0.3 is 5.97 Å². The van der Waals surface area contributed by atoms with Crippen molar-refractivity contribution in [1.82, 2.24) is 4.90 Å². The number of carbonyl (C=O) groups is 4. The second kappa shape index (κ2) is 8.39. The molecular formula is C24H20N2O5. The molecule has 0 bridgehead atoms. The third-order valence-corrected chi connectivity index (χ3v) is 5.00. The van der Waals surface area contributed by atoms with Gasteiger partial charge in [-0.25, -0.2) is 0 Å². The molecule has 0 aliphatic carbocycles. The van der Waals surface area contributed by atoms with Gasteiger partial charge in [-0.05, 0) is 36.1 Å². The summed E-state index contributed by atoms with van der Waals surface area (Å²) in [5.74, 6) is -1.12. The summed E-state index contributed by atoms with van der Waals surface area (Å²) in [6.45, 7) is 1.50. The molecule has 7 heteroatoms. The van der Waals surface area contributed by atoms with Gasteiger partial charge in [0.1, 0.15) is 5.75 Å². The van der Waals surface area contributed by atoms with Gasteiger partial charge in [-0.15, -0.1) is 0 Å². The number of hydrogen-bond donors (Lipinski definition) is 1. The van der Waals surface area contributed by atoms with Gasteiger partial charge in [0.05, 0.1) is 0 Å². The lowest BCUT2D eigenvalue weighted by Gasteiger charge is -2.27. The molecule has 0 fully saturated rings. The van der Waals surface area contributed by atoms with E-state index in [4.69, 9.17) is 4.74 Å². The molecule has 3 amide bonds. The fraction of sp³-hybridized carbons (Fsp3) is 0.167. The van der Waals surface area contributed by atoms with E-state index in [-0.39, 0.29) is 37.1 Å². The van der Waals surface area contributed by atoms with Crippen LogP contribution in [0.5, 0.6) is 5.75 Å². The summed E-state index contributed by atoms with van der Waals surface area (Å²) in [7, 11) is 0. The van der Waals surface area contributed by atoms with E-state index in [0.717, 1.165) is 5.39 Å². The minimum absolute atomic E-state index is 0.0350. The summed E-state index contributed by atoms with van der Waals surface area (Å²) in [6, 6.07) is 17.3. The van der Waals surface area contributed by atoms with Gasteiger partial charge in [0.15, 0.2) is 0 Å². The number of benzene rings is 3. The first-order valence-corrected chi connectivity index (χ1v) is 9.90. The van der Waals surface area contributed by atoms with Crippen LogP contribution in [-0.2, 0) is 9.59 Å². The number of hydrogen-bond acceptors (Lipinski definition) is 5. The monoisotopic (exact) mass is 416 g/mol. The van der Waals surface area contributed by atoms with Crippen LogP contribution in [0.25, 0.3) is 10.8 Å². The van der Waals surface area contributed by atoms with Crippen LogP contribution in [0.1, 0.15) is 40.5 Å². The van der Waals surface area contributed by atoms with E-state index < -0.39 is 5.97 Å². The van der Waals surface area contributed by atoms with Gasteiger partial charge < -0.3 is 10.1 Å². The number of carbonyl (C=O) groups excluding carboxylic acids is 4. The molecule has 31 heavy (non-hydrogen) atoms. The average Bonchev–Trinajstić information content (AvgIpc) is 2.74. The summed E-state index contributed by atoms with van der Waals surface area (Å²) in [4.78, 5) is 50.3. The van der Waals surface area contributed by atoms with E-state index in [9.17, 15) is 19.2 Å². The number of ether oxygens (including phenoxy) is 1. The standard InChI is InChI=1S/C24H20N2O5/c1-15(27)25-17-8-4-9-18(14-17)31-21(28)12-5-13-26-23(29)19-10-2-6-16-7-3-11-20(22(16)19)24(26)30/h2-4,6-11,14H,5,12-13H2,1H3,(H,25,27). The fourth-order valence-corrected chi connectivity index (χ4v) is 3.69. The minimum atomic E-state index is -0.487. The molecule has 0 aromatic heterocycles. The number of imide groups is 1. The third-order valence-electron chi connectivity index (χ3n) is 5.00. The van der Waals surface area contributed by atoms with Crippen molar-refractivity contribution in [1.29, 1.82) is 0 Å². The number of amides is 3. The lowest BCUT2D eigenvalue weighted by Crippen LogP contribution is -2.41. The summed E-state index contributed by atoms with van der Waals surface area (Å²) in [5.41, 5.74) is 1.50. The SMILES string of the molecule is CC(=O)Nc1cccc(OC(=O)CCCN2C(=O)c3cccc4cccc(c34)C2=O)c1. The van der Waals surface area contributed by atoms with Crippen LogP contribution in [0, 0.1) is 0 Å². The Morgan fingerprint density at radius 3 is 2.23 bits per heavy atom. The Labute approximate surface area is 178 Å². The summed E-state index contributed by atoms with van der Waals surface area (Å²) in [5, 5.41) is 4.14. The Morgan fingerprint density at radius 1 is 0.935 bits per heavy atom. The molecule has 3 aromatic carbocycles. The summed E-state index contributed by atoms with van der Waals surface area (Å²) >= 11 is 0. The van der Waals surface area contributed by atoms with E-state index in [1.807, 2.05) is 12.1 Å². The molecule has 1 aliphatic rings. The molecule has 0 unspecified atom stereocenters. The van der Waals surface area contributed by atoms with Crippen LogP contribution in [0.3, 0.4) is 0 Å². The summed E-state index contributed by atoms with van der Waals surface area (Å²) < 4.78 is 5.30. The minimum Gasteiger partial charge on any atom is -0.426 e. The lowest BCUT2D eigenvalue weighted by molar-refractivity contribution is -0.134. The molecule has 4 rings (SSSR count). The van der Waals surface area contributed by atoms with E-state index in [0.29, 0.717) is 28.0 Å². The predicted octanol–water partition coefficient (Wildman–Crippen LogP) is 3.78. The predicted molar refractivity (Wildman–Crippen MR) is 115 cm³/mol. The van der Waals surface area contributed by atoms with Crippen molar-refractivity contribution >= 4 is 40.2 Å². The fourth-order valence-electron chi connectivity index (χ4n) is 3.69. The molecular weight excluding hydrogens is 396 g/mol. The highest BCUT2D eigenvalue weighted by Crippen LogP contribution is 2.30. The second-order valence-electron chi connectivity index (χ2n) is 7.26. The Balaban J connectivity index is 1.39. The molecule has 156 valence electrons. The van der Waals surface area contributed by atoms with Crippen molar-refractivity contribution in [3.63, 3.8) is 0 Å². The van der Waals surface area contributed by atoms with Crippen molar-refractivity contribution < 1.29 is 23.9 Å². The molecule has 0 atom stereocenters. The van der Waals surface area contributed by atoms with Crippen molar-refractivity contribution in [3.05, 3.63) is 71.8 Å². The van der Waals surface area contributed by atoms with E-state index in [1.165, 1.54) is 11.8 Å². The molecule has 0 saturated heterocycles. The average molecular weight is 416 g/mol. The van der Waals surface area contributed by atoms with Crippen molar-refractivity contribution in [2.45, 2.75) is 19.8 Å². The van der Waals surface area contributed by atoms with Gasteiger partial charge in [-0.1, -0.05) is 30.3 Å². The molecule has 0 saturated carbocycles. The third kappa shape index (κ3) is 4.16. The van der Waals surface area contributed by atoms with Gasteiger partial charge in [0.25, 0.3) is 11.8 Å². The second-order valence-corrected chi connectivity index (χ2v) is 7.26. The van der Waals surface area contributed by atoms with Crippen LogP contribution in [0.4, 0.5) is 5.69 Å². The Hall–Kier alpha value is -4.00. The Kier molecular flexibility index (Phi) is 5.49. The topological polar surface area (TPSA) is 92.8 Å². The number of esters is 1. The molecule has 3 aromatic rings. The van der Waals surface area contributed by atoms with Gasteiger partial charge in [-0.2, -0.15) is 0 Å². The normalized spacial score (nSPS) is 12.7. The Bertz CT molecular complexity index is 1170. The van der Waals surface area contributed by atoms with Crippen LogP contribution in [-0.4, -0.2) is 35.1 Å². The van der Waals surface area contributed by atoms with E-state index in [1.54, 1.807) is 48.5 Å². The van der Waals surface area contributed by atoms with Crippen LogP contribution in [0.2, 0.25) is 0 Å². The smallest absolute Gasteiger partial charge is 0.311 e. The van der Waals surface area contributed by atoms with Gasteiger partial charge in [0, 0.05) is 48.2 Å². The Morgan fingerprint density at radius 2 is 1.58 bits per heavy atom. The zero-order chi connectivity index (χ0) is 22.0. The molecule has 0 radical (unpaired) electrons. The number of nitrogens with one attached hydrogen (secondary N) is 1. The highest BCUT2D eigenvalue weighted by molar-refractivity contribution is 6.25. The summed E-state index contributed by atoms with van der Waals surface area (Å²) in [6.07, 6.45) is 0.313. The van der Waals surface area contributed by atoms with Gasteiger partial charge in [0.2, 0.25) is 5.91 Å². The highest BCUT2D eigenvalue weighted by atomic mass is 16.5. The number of rotatable bonds is 6. The van der Waals surface area contributed by atoms with Gasteiger partial charge in [-0.3, -0.25) is 24.1 Å². The molecule has 1 aliphatic heterocycles. The maximum Gasteiger partial charge on any atom is 0.311 e. The maximum atomic E-state index is 12.9. The van der Waals surface area contributed by atoms with Crippen LogP contribution >= 0.6 is 0 Å². The van der Waals surface area contributed by atoms with E-state index >= 15 is 0 Å². The van der Waals surface area contributed by atoms with Crippen LogP contribution in [0.15, 0.2) is 60.7 Å². The number of anilines is 1. The zero-order valence-corrected chi connectivity index (χ0v) is 16.9.